The third-order valence-electron chi connectivity index (χ3n) is 3.13. The molecular formula is C16H17Cl2NO. The zero-order chi connectivity index (χ0) is 14.6. The number of aliphatic hydroxyl groups is 1. The third-order valence-corrected chi connectivity index (χ3v) is 3.61. The van der Waals surface area contributed by atoms with Gasteiger partial charge in [-0.25, -0.2) is 0 Å². The van der Waals surface area contributed by atoms with Gasteiger partial charge in [0.2, 0.25) is 0 Å². The van der Waals surface area contributed by atoms with E-state index in [1.54, 1.807) is 0 Å². The fraction of sp³-hybridized carbons (Fsp3) is 0.250. The summed E-state index contributed by atoms with van der Waals surface area (Å²) in [6.07, 6.45) is 0.688. The average Bonchev–Trinajstić information content (AvgIpc) is 2.41. The average molecular weight is 310 g/mol. The molecule has 0 fully saturated rings. The van der Waals surface area contributed by atoms with Gasteiger partial charge in [-0.05, 0) is 49.2 Å². The van der Waals surface area contributed by atoms with Crippen molar-refractivity contribution >= 4 is 28.9 Å². The van der Waals surface area contributed by atoms with Crippen molar-refractivity contribution in [3.8, 4) is 0 Å². The molecule has 0 heterocycles. The molecule has 0 bridgehead atoms. The summed E-state index contributed by atoms with van der Waals surface area (Å²) < 4.78 is 0. The standard InChI is InChI=1S/C16H17Cl2NO/c1-16(11-20,10-12-5-7-13(17)8-6-12)19-15-4-2-3-14(18)9-15/h2-9,19-20H,10-11H2,1H3. The number of halogens is 2. The molecule has 20 heavy (non-hydrogen) atoms. The van der Waals surface area contributed by atoms with Crippen molar-refractivity contribution in [1.82, 2.24) is 0 Å². The predicted molar refractivity (Wildman–Crippen MR) is 85.7 cm³/mol. The second-order valence-electron chi connectivity index (χ2n) is 5.16. The van der Waals surface area contributed by atoms with Crippen LogP contribution in [0.3, 0.4) is 0 Å². The highest BCUT2D eigenvalue weighted by Gasteiger charge is 2.23. The van der Waals surface area contributed by atoms with Crippen LogP contribution in [0.15, 0.2) is 48.5 Å². The highest BCUT2D eigenvalue weighted by atomic mass is 35.5. The van der Waals surface area contributed by atoms with E-state index in [-0.39, 0.29) is 6.61 Å². The second-order valence-corrected chi connectivity index (χ2v) is 6.03. The maximum atomic E-state index is 9.71. The molecule has 0 saturated carbocycles. The van der Waals surface area contributed by atoms with Crippen molar-refractivity contribution < 1.29 is 5.11 Å². The Hall–Kier alpha value is -1.22. The molecule has 0 spiro atoms. The summed E-state index contributed by atoms with van der Waals surface area (Å²) in [5.74, 6) is 0. The molecule has 0 aliphatic heterocycles. The Bertz CT molecular complexity index is 571. The first-order valence-electron chi connectivity index (χ1n) is 6.40. The molecule has 0 aromatic heterocycles. The van der Waals surface area contributed by atoms with Crippen molar-refractivity contribution in [3.05, 3.63) is 64.1 Å². The molecule has 2 N–H and O–H groups in total. The van der Waals surface area contributed by atoms with Gasteiger partial charge in [0.25, 0.3) is 0 Å². The summed E-state index contributed by atoms with van der Waals surface area (Å²) in [5, 5.41) is 14.4. The Kier molecular flexibility index (Phi) is 4.92. The highest BCUT2D eigenvalue weighted by molar-refractivity contribution is 6.31. The van der Waals surface area contributed by atoms with Crippen LogP contribution < -0.4 is 5.32 Å². The maximum Gasteiger partial charge on any atom is 0.0662 e. The van der Waals surface area contributed by atoms with Crippen molar-refractivity contribution in [3.63, 3.8) is 0 Å². The van der Waals surface area contributed by atoms with E-state index in [4.69, 9.17) is 23.2 Å². The van der Waals surface area contributed by atoms with Crippen LogP contribution >= 0.6 is 23.2 Å². The second kappa shape index (κ2) is 6.49. The topological polar surface area (TPSA) is 32.3 Å². The summed E-state index contributed by atoms with van der Waals surface area (Å²) in [4.78, 5) is 0. The molecule has 1 unspecified atom stereocenters. The molecule has 106 valence electrons. The summed E-state index contributed by atoms with van der Waals surface area (Å²) in [6, 6.07) is 15.1. The fourth-order valence-electron chi connectivity index (χ4n) is 2.11. The highest BCUT2D eigenvalue weighted by Crippen LogP contribution is 2.23. The lowest BCUT2D eigenvalue weighted by atomic mass is 9.93. The molecule has 0 saturated heterocycles. The molecular weight excluding hydrogens is 293 g/mol. The van der Waals surface area contributed by atoms with E-state index in [1.807, 2.05) is 55.5 Å². The van der Waals surface area contributed by atoms with E-state index < -0.39 is 5.54 Å². The van der Waals surface area contributed by atoms with E-state index in [9.17, 15) is 5.11 Å². The quantitative estimate of drug-likeness (QED) is 0.858. The van der Waals surface area contributed by atoms with Crippen LogP contribution in [0.2, 0.25) is 10.0 Å². The minimum absolute atomic E-state index is 0.0160. The van der Waals surface area contributed by atoms with Crippen LogP contribution in [0.5, 0.6) is 0 Å². The number of rotatable bonds is 5. The first-order chi connectivity index (χ1) is 9.50. The normalized spacial score (nSPS) is 13.8. The van der Waals surface area contributed by atoms with E-state index in [0.717, 1.165) is 11.3 Å². The number of nitrogens with one attached hydrogen (secondary N) is 1. The van der Waals surface area contributed by atoms with Gasteiger partial charge in [0.05, 0.1) is 12.1 Å². The first kappa shape index (κ1) is 15.2. The van der Waals surface area contributed by atoms with Gasteiger partial charge in [-0.1, -0.05) is 41.4 Å². The summed E-state index contributed by atoms with van der Waals surface area (Å²) in [7, 11) is 0. The number of hydrogen-bond donors (Lipinski definition) is 2. The Morgan fingerprint density at radius 3 is 2.35 bits per heavy atom. The Balaban J connectivity index is 2.14. The van der Waals surface area contributed by atoms with Crippen LogP contribution in [0, 0.1) is 0 Å². The van der Waals surface area contributed by atoms with Gasteiger partial charge in [0.1, 0.15) is 0 Å². The van der Waals surface area contributed by atoms with Gasteiger partial charge in [-0.15, -0.1) is 0 Å². The zero-order valence-electron chi connectivity index (χ0n) is 11.2. The molecule has 4 heteroatoms. The SMILES string of the molecule is CC(CO)(Cc1ccc(Cl)cc1)Nc1cccc(Cl)c1. The van der Waals surface area contributed by atoms with Gasteiger partial charge in [-0.2, -0.15) is 0 Å². The van der Waals surface area contributed by atoms with Crippen LogP contribution in [0.1, 0.15) is 12.5 Å². The van der Waals surface area contributed by atoms with Gasteiger partial charge in [-0.3, -0.25) is 0 Å². The van der Waals surface area contributed by atoms with E-state index in [1.165, 1.54) is 0 Å². The van der Waals surface area contributed by atoms with E-state index >= 15 is 0 Å². The van der Waals surface area contributed by atoms with Gasteiger partial charge in [0.15, 0.2) is 0 Å². The van der Waals surface area contributed by atoms with Crippen molar-refractivity contribution in [1.29, 1.82) is 0 Å². The lowest BCUT2D eigenvalue weighted by molar-refractivity contribution is 0.222. The number of benzene rings is 2. The van der Waals surface area contributed by atoms with Crippen LogP contribution in [-0.2, 0) is 6.42 Å². The minimum Gasteiger partial charge on any atom is -0.394 e. The Morgan fingerprint density at radius 2 is 1.75 bits per heavy atom. The molecule has 2 aromatic carbocycles. The lowest BCUT2D eigenvalue weighted by Crippen LogP contribution is -2.41. The molecule has 0 aliphatic rings. The van der Waals surface area contributed by atoms with Crippen molar-refractivity contribution in [2.75, 3.05) is 11.9 Å². The Morgan fingerprint density at radius 1 is 1.05 bits per heavy atom. The molecule has 2 rings (SSSR count). The largest absolute Gasteiger partial charge is 0.394 e. The van der Waals surface area contributed by atoms with Gasteiger partial charge >= 0.3 is 0 Å². The van der Waals surface area contributed by atoms with Crippen LogP contribution in [0.4, 0.5) is 5.69 Å². The molecule has 1 atom stereocenters. The lowest BCUT2D eigenvalue weighted by Gasteiger charge is -2.30. The maximum absolute atomic E-state index is 9.71. The zero-order valence-corrected chi connectivity index (χ0v) is 12.7. The number of anilines is 1. The molecule has 0 radical (unpaired) electrons. The molecule has 0 amide bonds. The monoisotopic (exact) mass is 309 g/mol. The molecule has 2 nitrogen and oxygen atoms in total. The molecule has 0 aliphatic carbocycles. The van der Waals surface area contributed by atoms with E-state index in [2.05, 4.69) is 5.32 Å². The third kappa shape index (κ3) is 4.14. The number of hydrogen-bond acceptors (Lipinski definition) is 2. The fourth-order valence-corrected chi connectivity index (χ4v) is 2.42. The summed E-state index contributed by atoms with van der Waals surface area (Å²) in [5.41, 5.74) is 1.54. The van der Waals surface area contributed by atoms with Crippen LogP contribution in [0.25, 0.3) is 0 Å². The summed E-state index contributed by atoms with van der Waals surface area (Å²) in [6.45, 7) is 1.99. The van der Waals surface area contributed by atoms with Gasteiger partial charge < -0.3 is 10.4 Å². The summed E-state index contributed by atoms with van der Waals surface area (Å²) >= 11 is 11.9. The van der Waals surface area contributed by atoms with Gasteiger partial charge in [0, 0.05) is 15.7 Å². The van der Waals surface area contributed by atoms with Crippen molar-refractivity contribution in [2.24, 2.45) is 0 Å². The molecule has 2 aromatic rings. The predicted octanol–water partition coefficient (Wildman–Crippen LogP) is 4.40. The minimum atomic E-state index is -0.460. The van der Waals surface area contributed by atoms with Crippen molar-refractivity contribution in [2.45, 2.75) is 18.9 Å². The van der Waals surface area contributed by atoms with E-state index in [0.29, 0.717) is 16.5 Å². The van der Waals surface area contributed by atoms with Crippen LogP contribution in [-0.4, -0.2) is 17.3 Å². The number of aliphatic hydroxyl groups excluding tert-OH is 1. The Labute approximate surface area is 129 Å². The first-order valence-corrected chi connectivity index (χ1v) is 7.15. The smallest absolute Gasteiger partial charge is 0.0662 e.